The zero-order valence-corrected chi connectivity index (χ0v) is 11.7. The summed E-state index contributed by atoms with van der Waals surface area (Å²) in [6, 6.07) is 5.02. The lowest BCUT2D eigenvalue weighted by molar-refractivity contribution is -0.143. The number of carboxylic acid groups (broad SMARTS) is 1. The SMILES string of the molecule is CCC(C)(NC(=O)Nc1ccc(C)c(C)c1)C(=O)O. The van der Waals surface area contributed by atoms with E-state index in [1.807, 2.05) is 26.0 Å². The fourth-order valence-corrected chi connectivity index (χ4v) is 1.53. The third kappa shape index (κ3) is 3.71. The predicted octanol–water partition coefficient (Wildman–Crippen LogP) is 2.68. The van der Waals surface area contributed by atoms with Crippen molar-refractivity contribution in [1.82, 2.24) is 5.32 Å². The Kier molecular flexibility index (Phi) is 4.53. The molecule has 0 bridgehead atoms. The maximum atomic E-state index is 11.8. The summed E-state index contributed by atoms with van der Waals surface area (Å²) in [6.45, 7) is 7.13. The van der Waals surface area contributed by atoms with Crippen molar-refractivity contribution in [3.63, 3.8) is 0 Å². The normalized spacial score (nSPS) is 13.5. The Morgan fingerprint density at radius 1 is 1.26 bits per heavy atom. The van der Waals surface area contributed by atoms with Crippen molar-refractivity contribution in [2.45, 2.75) is 39.7 Å². The minimum Gasteiger partial charge on any atom is -0.480 e. The molecule has 1 rings (SSSR count). The molecule has 5 heteroatoms. The number of aliphatic carboxylic acids is 1. The van der Waals surface area contributed by atoms with Crippen molar-refractivity contribution in [3.05, 3.63) is 29.3 Å². The summed E-state index contributed by atoms with van der Waals surface area (Å²) in [5.74, 6) is -1.05. The van der Waals surface area contributed by atoms with Gasteiger partial charge in [0.15, 0.2) is 0 Å². The number of hydrogen-bond donors (Lipinski definition) is 3. The molecule has 104 valence electrons. The molecule has 1 aromatic rings. The molecule has 1 atom stereocenters. The van der Waals surface area contributed by atoms with Crippen molar-refractivity contribution >= 4 is 17.7 Å². The minimum absolute atomic E-state index is 0.308. The molecule has 0 radical (unpaired) electrons. The molecule has 0 spiro atoms. The third-order valence-electron chi connectivity index (χ3n) is 3.33. The number of aryl methyl sites for hydroxylation is 2. The lowest BCUT2D eigenvalue weighted by Gasteiger charge is -2.24. The van der Waals surface area contributed by atoms with Gasteiger partial charge in [-0.2, -0.15) is 0 Å². The van der Waals surface area contributed by atoms with Crippen LogP contribution in [0.3, 0.4) is 0 Å². The summed E-state index contributed by atoms with van der Waals surface area (Å²) in [5.41, 5.74) is 1.58. The third-order valence-corrected chi connectivity index (χ3v) is 3.33. The van der Waals surface area contributed by atoms with Crippen molar-refractivity contribution in [2.24, 2.45) is 0 Å². The summed E-state index contributed by atoms with van der Waals surface area (Å²) in [6.07, 6.45) is 0.308. The van der Waals surface area contributed by atoms with E-state index in [0.717, 1.165) is 11.1 Å². The van der Waals surface area contributed by atoms with Crippen LogP contribution in [0.25, 0.3) is 0 Å². The van der Waals surface area contributed by atoms with Crippen LogP contribution in [-0.4, -0.2) is 22.6 Å². The fourth-order valence-electron chi connectivity index (χ4n) is 1.53. The molecule has 1 aromatic carbocycles. The first-order chi connectivity index (χ1) is 8.78. The number of hydrogen-bond acceptors (Lipinski definition) is 2. The van der Waals surface area contributed by atoms with E-state index in [0.29, 0.717) is 12.1 Å². The van der Waals surface area contributed by atoms with Gasteiger partial charge in [0.25, 0.3) is 0 Å². The van der Waals surface area contributed by atoms with Gasteiger partial charge in [-0.1, -0.05) is 13.0 Å². The van der Waals surface area contributed by atoms with Crippen LogP contribution in [0, 0.1) is 13.8 Å². The van der Waals surface area contributed by atoms with E-state index in [4.69, 9.17) is 5.11 Å². The van der Waals surface area contributed by atoms with Gasteiger partial charge in [-0.25, -0.2) is 9.59 Å². The first kappa shape index (κ1) is 15.0. The molecule has 0 saturated carbocycles. The number of amides is 2. The molecule has 0 aromatic heterocycles. The Balaban J connectivity index is 2.75. The summed E-state index contributed by atoms with van der Waals surface area (Å²) >= 11 is 0. The predicted molar refractivity (Wildman–Crippen MR) is 74.4 cm³/mol. The summed E-state index contributed by atoms with van der Waals surface area (Å²) in [5, 5.41) is 14.2. The Morgan fingerprint density at radius 2 is 1.89 bits per heavy atom. The molecule has 2 amide bonds. The Labute approximate surface area is 113 Å². The second-order valence-corrected chi connectivity index (χ2v) is 4.87. The van der Waals surface area contributed by atoms with E-state index < -0.39 is 17.5 Å². The monoisotopic (exact) mass is 264 g/mol. The topological polar surface area (TPSA) is 78.4 Å². The second-order valence-electron chi connectivity index (χ2n) is 4.87. The largest absolute Gasteiger partial charge is 0.480 e. The highest BCUT2D eigenvalue weighted by Crippen LogP contribution is 2.15. The zero-order chi connectivity index (χ0) is 14.6. The molecule has 3 N–H and O–H groups in total. The standard InChI is InChI=1S/C14H20N2O3/c1-5-14(4,12(17)18)16-13(19)15-11-7-6-9(2)10(3)8-11/h6-8H,5H2,1-4H3,(H,17,18)(H2,15,16,19). The lowest BCUT2D eigenvalue weighted by atomic mass is 10.00. The highest BCUT2D eigenvalue weighted by Gasteiger charge is 2.32. The lowest BCUT2D eigenvalue weighted by Crippen LogP contribution is -2.53. The number of anilines is 1. The summed E-state index contributed by atoms with van der Waals surface area (Å²) < 4.78 is 0. The van der Waals surface area contributed by atoms with Crippen LogP contribution in [-0.2, 0) is 4.79 Å². The summed E-state index contributed by atoms with van der Waals surface area (Å²) in [4.78, 5) is 22.9. The van der Waals surface area contributed by atoms with E-state index in [1.54, 1.807) is 13.0 Å². The Bertz CT molecular complexity index is 499. The first-order valence-electron chi connectivity index (χ1n) is 6.18. The van der Waals surface area contributed by atoms with E-state index in [1.165, 1.54) is 6.92 Å². The van der Waals surface area contributed by atoms with Crippen LogP contribution < -0.4 is 10.6 Å². The van der Waals surface area contributed by atoms with Gasteiger partial charge in [0, 0.05) is 5.69 Å². The van der Waals surface area contributed by atoms with Crippen LogP contribution in [0.15, 0.2) is 18.2 Å². The maximum absolute atomic E-state index is 11.8. The maximum Gasteiger partial charge on any atom is 0.329 e. The van der Waals surface area contributed by atoms with Crippen molar-refractivity contribution in [1.29, 1.82) is 0 Å². The first-order valence-corrected chi connectivity index (χ1v) is 6.18. The molecule has 0 saturated heterocycles. The Morgan fingerprint density at radius 3 is 2.37 bits per heavy atom. The van der Waals surface area contributed by atoms with Crippen molar-refractivity contribution < 1.29 is 14.7 Å². The van der Waals surface area contributed by atoms with Gasteiger partial charge >= 0.3 is 12.0 Å². The van der Waals surface area contributed by atoms with Gasteiger partial charge in [-0.3, -0.25) is 0 Å². The molecule has 0 aliphatic rings. The minimum atomic E-state index is -1.26. The van der Waals surface area contributed by atoms with Crippen LogP contribution in [0.2, 0.25) is 0 Å². The molecule has 0 fully saturated rings. The highest BCUT2D eigenvalue weighted by molar-refractivity contribution is 5.93. The number of carbonyl (C=O) groups is 2. The van der Waals surface area contributed by atoms with Gasteiger partial charge in [-0.05, 0) is 50.5 Å². The Hall–Kier alpha value is -2.04. The van der Waals surface area contributed by atoms with Gasteiger partial charge in [-0.15, -0.1) is 0 Å². The zero-order valence-electron chi connectivity index (χ0n) is 11.7. The van der Waals surface area contributed by atoms with Crippen LogP contribution in [0.5, 0.6) is 0 Å². The average Bonchev–Trinajstić information content (AvgIpc) is 2.33. The number of carbonyl (C=O) groups excluding carboxylic acids is 1. The number of urea groups is 1. The van der Waals surface area contributed by atoms with E-state index in [9.17, 15) is 9.59 Å². The van der Waals surface area contributed by atoms with Crippen LogP contribution in [0.4, 0.5) is 10.5 Å². The molecule has 5 nitrogen and oxygen atoms in total. The molecular weight excluding hydrogens is 244 g/mol. The van der Waals surface area contributed by atoms with E-state index in [2.05, 4.69) is 10.6 Å². The number of benzene rings is 1. The number of carboxylic acids is 1. The van der Waals surface area contributed by atoms with Crippen LogP contribution in [0.1, 0.15) is 31.4 Å². The fraction of sp³-hybridized carbons (Fsp3) is 0.429. The van der Waals surface area contributed by atoms with E-state index in [-0.39, 0.29) is 0 Å². The smallest absolute Gasteiger partial charge is 0.329 e. The van der Waals surface area contributed by atoms with Crippen LogP contribution >= 0.6 is 0 Å². The summed E-state index contributed by atoms with van der Waals surface area (Å²) in [7, 11) is 0. The van der Waals surface area contributed by atoms with Gasteiger partial charge in [0.05, 0.1) is 0 Å². The number of rotatable bonds is 4. The average molecular weight is 264 g/mol. The van der Waals surface area contributed by atoms with E-state index >= 15 is 0 Å². The van der Waals surface area contributed by atoms with Crippen molar-refractivity contribution in [3.8, 4) is 0 Å². The number of nitrogens with one attached hydrogen (secondary N) is 2. The highest BCUT2D eigenvalue weighted by atomic mass is 16.4. The second kappa shape index (κ2) is 5.73. The van der Waals surface area contributed by atoms with Gasteiger partial charge in [0.1, 0.15) is 5.54 Å². The molecule has 19 heavy (non-hydrogen) atoms. The molecular formula is C14H20N2O3. The van der Waals surface area contributed by atoms with Gasteiger partial charge < -0.3 is 15.7 Å². The molecule has 0 heterocycles. The quantitative estimate of drug-likeness (QED) is 0.782. The molecule has 0 aliphatic carbocycles. The van der Waals surface area contributed by atoms with Gasteiger partial charge in [0.2, 0.25) is 0 Å². The molecule has 1 unspecified atom stereocenters. The molecule has 0 aliphatic heterocycles. The van der Waals surface area contributed by atoms with Crippen molar-refractivity contribution in [2.75, 3.05) is 5.32 Å².